The van der Waals surface area contributed by atoms with E-state index in [1.807, 2.05) is 6.92 Å². The normalized spacial score (nSPS) is 11.2. The number of carbonyl (C=O) groups is 1. The molecule has 0 aliphatic carbocycles. The number of allylic oxidation sites excluding steroid dienone is 2. The summed E-state index contributed by atoms with van der Waals surface area (Å²) in [5, 5.41) is 0. The van der Waals surface area contributed by atoms with E-state index in [1.165, 1.54) is 83.5 Å². The van der Waals surface area contributed by atoms with Crippen molar-refractivity contribution >= 4 is 5.97 Å². The van der Waals surface area contributed by atoms with Crippen LogP contribution < -0.4 is 0 Å². The lowest BCUT2D eigenvalue weighted by molar-refractivity contribution is -0.143. The molecule has 0 aromatic heterocycles. The van der Waals surface area contributed by atoms with Crippen LogP contribution in [-0.2, 0) is 9.53 Å². The molecule has 0 saturated carbocycles. The van der Waals surface area contributed by atoms with Gasteiger partial charge in [-0.3, -0.25) is 4.79 Å². The van der Waals surface area contributed by atoms with E-state index in [-0.39, 0.29) is 5.97 Å². The highest BCUT2D eigenvalue weighted by atomic mass is 16.5. The molecule has 0 amide bonds. The van der Waals surface area contributed by atoms with E-state index in [4.69, 9.17) is 4.74 Å². The van der Waals surface area contributed by atoms with Gasteiger partial charge in [-0.05, 0) is 38.5 Å². The highest BCUT2D eigenvalue weighted by Crippen LogP contribution is 2.10. The van der Waals surface area contributed by atoms with Crippen LogP contribution in [0.3, 0.4) is 0 Å². The van der Waals surface area contributed by atoms with Crippen molar-refractivity contribution in [3.05, 3.63) is 12.2 Å². The number of rotatable bonds is 18. The summed E-state index contributed by atoms with van der Waals surface area (Å²) in [6, 6.07) is 0. The summed E-state index contributed by atoms with van der Waals surface area (Å²) in [5.74, 6) is -0.0347. The van der Waals surface area contributed by atoms with Crippen molar-refractivity contribution in [2.24, 2.45) is 0 Å². The molecule has 2 heteroatoms. The Morgan fingerprint density at radius 1 is 0.667 bits per heavy atom. The Balaban J connectivity index is 3.10. The van der Waals surface area contributed by atoms with Gasteiger partial charge in [0.1, 0.15) is 0 Å². The lowest BCUT2D eigenvalue weighted by Crippen LogP contribution is -2.04. The van der Waals surface area contributed by atoms with Gasteiger partial charge in [0.25, 0.3) is 0 Å². The molecule has 24 heavy (non-hydrogen) atoms. The second kappa shape index (κ2) is 20.3. The second-order valence-electron chi connectivity index (χ2n) is 6.91. The molecule has 0 saturated heterocycles. The Hall–Kier alpha value is -0.790. The van der Waals surface area contributed by atoms with Crippen LogP contribution in [0.25, 0.3) is 0 Å². The number of hydrogen-bond donors (Lipinski definition) is 0. The summed E-state index contributed by atoms with van der Waals surface area (Å²) < 4.78 is 5.16. The van der Waals surface area contributed by atoms with E-state index in [0.717, 1.165) is 12.8 Å². The lowest BCUT2D eigenvalue weighted by atomic mass is 10.1. The van der Waals surface area contributed by atoms with E-state index in [1.54, 1.807) is 0 Å². The van der Waals surface area contributed by atoms with Crippen LogP contribution in [0.2, 0.25) is 0 Å². The Morgan fingerprint density at radius 2 is 1.17 bits per heavy atom. The van der Waals surface area contributed by atoms with Crippen LogP contribution in [0.4, 0.5) is 0 Å². The maximum Gasteiger partial charge on any atom is 0.305 e. The zero-order chi connectivity index (χ0) is 17.7. The van der Waals surface area contributed by atoms with Gasteiger partial charge in [-0.15, -0.1) is 0 Å². The summed E-state index contributed by atoms with van der Waals surface area (Å²) >= 11 is 0. The Labute approximate surface area is 151 Å². The number of ether oxygens (including phenoxy) is 1. The molecule has 142 valence electrons. The van der Waals surface area contributed by atoms with Gasteiger partial charge in [-0.25, -0.2) is 0 Å². The summed E-state index contributed by atoms with van der Waals surface area (Å²) in [4.78, 5) is 11.2. The molecule has 0 aromatic rings. The SMILES string of the molecule is CCCCCCC=CCCCCCCCCCCOC(=O)CCC. The van der Waals surface area contributed by atoms with E-state index < -0.39 is 0 Å². The van der Waals surface area contributed by atoms with Crippen molar-refractivity contribution < 1.29 is 9.53 Å². The highest BCUT2D eigenvalue weighted by molar-refractivity contribution is 5.69. The molecule has 0 aliphatic rings. The van der Waals surface area contributed by atoms with Gasteiger partial charge in [-0.1, -0.05) is 83.8 Å². The minimum Gasteiger partial charge on any atom is -0.466 e. The fourth-order valence-electron chi connectivity index (χ4n) is 2.81. The van der Waals surface area contributed by atoms with E-state index in [9.17, 15) is 4.79 Å². The highest BCUT2D eigenvalue weighted by Gasteiger charge is 1.99. The first-order valence-corrected chi connectivity index (χ1v) is 10.6. The number of esters is 1. The fourth-order valence-corrected chi connectivity index (χ4v) is 2.81. The molecule has 0 atom stereocenters. The third-order valence-corrected chi connectivity index (χ3v) is 4.37. The predicted octanol–water partition coefficient (Wildman–Crippen LogP) is 7.37. The third-order valence-electron chi connectivity index (χ3n) is 4.37. The van der Waals surface area contributed by atoms with Crippen LogP contribution in [0.1, 0.15) is 117 Å². The van der Waals surface area contributed by atoms with Gasteiger partial charge in [0, 0.05) is 6.42 Å². The molecule has 0 aliphatic heterocycles. The smallest absolute Gasteiger partial charge is 0.305 e. The number of hydrogen-bond acceptors (Lipinski definition) is 2. The quantitative estimate of drug-likeness (QED) is 0.148. The Bertz CT molecular complexity index is 284. The van der Waals surface area contributed by atoms with Crippen molar-refractivity contribution in [1.82, 2.24) is 0 Å². The molecule has 2 nitrogen and oxygen atoms in total. The zero-order valence-corrected chi connectivity index (χ0v) is 16.5. The average molecular weight is 339 g/mol. The van der Waals surface area contributed by atoms with Crippen molar-refractivity contribution in [3.63, 3.8) is 0 Å². The zero-order valence-electron chi connectivity index (χ0n) is 16.5. The van der Waals surface area contributed by atoms with Crippen LogP contribution in [0, 0.1) is 0 Å². The first kappa shape index (κ1) is 23.2. The Kier molecular flexibility index (Phi) is 19.6. The molecule has 0 unspecified atom stereocenters. The van der Waals surface area contributed by atoms with Crippen LogP contribution in [0.5, 0.6) is 0 Å². The molecule has 0 fully saturated rings. The molecule has 0 N–H and O–H groups in total. The van der Waals surface area contributed by atoms with Gasteiger partial charge < -0.3 is 4.74 Å². The second-order valence-corrected chi connectivity index (χ2v) is 6.91. The first-order valence-electron chi connectivity index (χ1n) is 10.6. The van der Waals surface area contributed by atoms with E-state index in [0.29, 0.717) is 13.0 Å². The standard InChI is InChI=1S/C22H42O2/c1-3-5-6-7-8-9-10-11-12-13-14-15-16-17-18-19-21-24-22(23)20-4-2/h9-10H,3-8,11-21H2,1-2H3. The van der Waals surface area contributed by atoms with E-state index >= 15 is 0 Å². The Morgan fingerprint density at radius 3 is 1.71 bits per heavy atom. The molecule has 0 aromatic carbocycles. The summed E-state index contributed by atoms with van der Waals surface area (Å²) in [6.07, 6.45) is 24.5. The van der Waals surface area contributed by atoms with Crippen LogP contribution in [-0.4, -0.2) is 12.6 Å². The van der Waals surface area contributed by atoms with Gasteiger partial charge >= 0.3 is 5.97 Å². The third kappa shape index (κ3) is 19.3. The molecule has 0 heterocycles. The van der Waals surface area contributed by atoms with Gasteiger partial charge in [-0.2, -0.15) is 0 Å². The minimum atomic E-state index is -0.0347. The van der Waals surface area contributed by atoms with E-state index in [2.05, 4.69) is 19.1 Å². The predicted molar refractivity (Wildman–Crippen MR) is 105 cm³/mol. The monoisotopic (exact) mass is 338 g/mol. The average Bonchev–Trinajstić information content (AvgIpc) is 2.58. The number of carbonyl (C=O) groups excluding carboxylic acids is 1. The number of unbranched alkanes of at least 4 members (excludes halogenated alkanes) is 12. The van der Waals surface area contributed by atoms with Crippen LogP contribution >= 0.6 is 0 Å². The minimum absolute atomic E-state index is 0.0347. The molecular formula is C22H42O2. The van der Waals surface area contributed by atoms with Crippen molar-refractivity contribution in [3.8, 4) is 0 Å². The van der Waals surface area contributed by atoms with Crippen molar-refractivity contribution in [2.75, 3.05) is 6.61 Å². The maximum absolute atomic E-state index is 11.2. The van der Waals surface area contributed by atoms with Crippen molar-refractivity contribution in [2.45, 2.75) is 117 Å². The summed E-state index contributed by atoms with van der Waals surface area (Å²) in [7, 11) is 0. The molecule has 0 rings (SSSR count). The molecule has 0 bridgehead atoms. The lowest BCUT2D eigenvalue weighted by Gasteiger charge is -2.04. The summed E-state index contributed by atoms with van der Waals surface area (Å²) in [5.41, 5.74) is 0. The first-order chi connectivity index (χ1) is 11.8. The largest absolute Gasteiger partial charge is 0.466 e. The molecule has 0 spiro atoms. The van der Waals surface area contributed by atoms with Gasteiger partial charge in [0.2, 0.25) is 0 Å². The molecular weight excluding hydrogens is 296 g/mol. The van der Waals surface area contributed by atoms with Crippen molar-refractivity contribution in [1.29, 1.82) is 0 Å². The van der Waals surface area contributed by atoms with Gasteiger partial charge in [0.05, 0.1) is 6.61 Å². The fraction of sp³-hybridized carbons (Fsp3) is 0.864. The van der Waals surface area contributed by atoms with Crippen LogP contribution in [0.15, 0.2) is 12.2 Å². The maximum atomic E-state index is 11.2. The molecule has 0 radical (unpaired) electrons. The topological polar surface area (TPSA) is 26.3 Å². The van der Waals surface area contributed by atoms with Gasteiger partial charge in [0.15, 0.2) is 0 Å². The summed E-state index contributed by atoms with van der Waals surface area (Å²) in [6.45, 7) is 4.89.